The molecule has 1 aliphatic carbocycles. The fourth-order valence-electron chi connectivity index (χ4n) is 8.30. The molecule has 0 radical (unpaired) electrons. The number of fused-ring (bicyclic) bond motifs is 10. The molecule has 3 aromatic heterocycles. The van der Waals surface area contributed by atoms with E-state index in [1.165, 1.54) is 22.3 Å². The topological polar surface area (TPSA) is 65.0 Å². The van der Waals surface area contributed by atoms with Crippen molar-refractivity contribution in [2.75, 3.05) is 0 Å². The molecule has 1 aliphatic rings. The summed E-state index contributed by atoms with van der Waals surface area (Å²) in [6, 6.07) is 52.5. The SMILES string of the molecule is CC1(C)c2ccc(-c3cccc(-c4nc(-c5ccccc5)nc(-c5cccc6c5oc5ccccc56)n4)c3)cc2-c2c1ccc1c2oc2ccccc21. The zero-order chi connectivity index (χ0) is 35.3. The first-order valence-electron chi connectivity index (χ1n) is 17.9. The Hall–Kier alpha value is -6.85. The fraction of sp³-hybridized carbons (Fsp3) is 0.0625. The summed E-state index contributed by atoms with van der Waals surface area (Å²) in [5.74, 6) is 1.77. The van der Waals surface area contributed by atoms with Crippen molar-refractivity contribution in [2.45, 2.75) is 19.3 Å². The molecule has 0 fully saturated rings. The highest BCUT2D eigenvalue weighted by Crippen LogP contribution is 2.53. The van der Waals surface area contributed by atoms with Crippen LogP contribution in [0.4, 0.5) is 0 Å². The Bertz CT molecular complexity index is 3100. The first-order valence-corrected chi connectivity index (χ1v) is 17.9. The van der Waals surface area contributed by atoms with Gasteiger partial charge in [0.25, 0.3) is 0 Å². The van der Waals surface area contributed by atoms with Crippen LogP contribution in [0.15, 0.2) is 160 Å². The van der Waals surface area contributed by atoms with Crippen molar-refractivity contribution in [3.05, 3.63) is 163 Å². The van der Waals surface area contributed by atoms with Gasteiger partial charge in [-0.1, -0.05) is 135 Å². The Balaban J connectivity index is 1.07. The van der Waals surface area contributed by atoms with Crippen LogP contribution in [0.25, 0.3) is 100 Å². The van der Waals surface area contributed by atoms with E-state index in [-0.39, 0.29) is 5.41 Å². The number of rotatable bonds is 4. The van der Waals surface area contributed by atoms with Crippen LogP contribution < -0.4 is 0 Å². The Morgan fingerprint density at radius 3 is 1.75 bits per heavy atom. The van der Waals surface area contributed by atoms with E-state index in [9.17, 15) is 0 Å². The second-order valence-corrected chi connectivity index (χ2v) is 14.4. The molecule has 0 bridgehead atoms. The molecular weight excluding hydrogens is 651 g/mol. The third-order valence-corrected chi connectivity index (χ3v) is 10.9. The molecule has 0 aliphatic heterocycles. The molecule has 3 heterocycles. The zero-order valence-corrected chi connectivity index (χ0v) is 29.1. The molecule has 250 valence electrons. The van der Waals surface area contributed by atoms with Crippen LogP contribution in [0.1, 0.15) is 25.0 Å². The predicted molar refractivity (Wildman–Crippen MR) is 214 cm³/mol. The summed E-state index contributed by atoms with van der Waals surface area (Å²) in [7, 11) is 0. The van der Waals surface area contributed by atoms with Crippen molar-refractivity contribution in [1.29, 1.82) is 0 Å². The van der Waals surface area contributed by atoms with Gasteiger partial charge in [-0.05, 0) is 58.1 Å². The Kier molecular flexibility index (Phi) is 6.23. The van der Waals surface area contributed by atoms with Crippen LogP contribution in [-0.4, -0.2) is 15.0 Å². The highest BCUT2D eigenvalue weighted by molar-refractivity contribution is 6.12. The lowest BCUT2D eigenvalue weighted by Gasteiger charge is -2.21. The number of para-hydroxylation sites is 3. The summed E-state index contributed by atoms with van der Waals surface area (Å²) in [6.07, 6.45) is 0. The molecule has 5 heteroatoms. The Morgan fingerprint density at radius 2 is 0.962 bits per heavy atom. The summed E-state index contributed by atoms with van der Waals surface area (Å²) in [6.45, 7) is 4.61. The fourth-order valence-corrected chi connectivity index (χ4v) is 8.30. The predicted octanol–water partition coefficient (Wildman–Crippen LogP) is 12.6. The van der Waals surface area contributed by atoms with E-state index < -0.39 is 0 Å². The molecule has 5 nitrogen and oxygen atoms in total. The van der Waals surface area contributed by atoms with E-state index in [0.717, 1.165) is 71.7 Å². The number of nitrogens with zero attached hydrogens (tertiary/aromatic N) is 3. The van der Waals surface area contributed by atoms with Gasteiger partial charge in [-0.2, -0.15) is 0 Å². The lowest BCUT2D eigenvalue weighted by Crippen LogP contribution is -2.14. The number of hydrogen-bond donors (Lipinski definition) is 0. The average Bonchev–Trinajstić information content (AvgIpc) is 3.85. The van der Waals surface area contributed by atoms with Gasteiger partial charge >= 0.3 is 0 Å². The maximum Gasteiger partial charge on any atom is 0.167 e. The molecule has 11 rings (SSSR count). The minimum atomic E-state index is -0.157. The molecule has 0 saturated carbocycles. The van der Waals surface area contributed by atoms with Crippen LogP contribution in [-0.2, 0) is 5.41 Å². The summed E-state index contributed by atoms with van der Waals surface area (Å²) >= 11 is 0. The molecular formula is C48H31N3O2. The van der Waals surface area contributed by atoms with Crippen LogP contribution in [0.2, 0.25) is 0 Å². The molecule has 0 N–H and O–H groups in total. The van der Waals surface area contributed by atoms with Gasteiger partial charge in [-0.25, -0.2) is 15.0 Å². The normalized spacial score (nSPS) is 13.2. The minimum Gasteiger partial charge on any atom is -0.455 e. The molecule has 0 saturated heterocycles. The maximum atomic E-state index is 6.58. The summed E-state index contributed by atoms with van der Waals surface area (Å²) < 4.78 is 13.0. The Morgan fingerprint density at radius 1 is 0.396 bits per heavy atom. The molecule has 10 aromatic rings. The van der Waals surface area contributed by atoms with Crippen molar-refractivity contribution in [2.24, 2.45) is 0 Å². The lowest BCUT2D eigenvalue weighted by molar-refractivity contribution is 0.653. The molecule has 0 amide bonds. The van der Waals surface area contributed by atoms with Gasteiger partial charge in [-0.15, -0.1) is 0 Å². The summed E-state index contributed by atoms with van der Waals surface area (Å²) in [5.41, 5.74) is 13.1. The van der Waals surface area contributed by atoms with E-state index in [2.05, 4.69) is 98.8 Å². The van der Waals surface area contributed by atoms with Gasteiger partial charge in [0.1, 0.15) is 22.3 Å². The standard InChI is InChI=1S/C48H31N3O2/c1-48(2)38-24-22-30(27-37(38)42-39(48)25-23-35-33-17-7-9-21-41(33)53-44(35)42)29-14-10-15-31(26-29)46-49-45(28-12-4-3-5-13-28)50-47(51-46)36-19-11-18-34-32-16-6-8-20-40(32)52-43(34)36/h3-27H,1-2H3. The third-order valence-electron chi connectivity index (χ3n) is 10.9. The molecule has 7 aromatic carbocycles. The van der Waals surface area contributed by atoms with Crippen molar-refractivity contribution in [3.8, 4) is 56.4 Å². The molecule has 0 spiro atoms. The first kappa shape index (κ1) is 29.8. The van der Waals surface area contributed by atoms with Gasteiger partial charge in [0.2, 0.25) is 0 Å². The lowest BCUT2D eigenvalue weighted by atomic mass is 9.82. The van der Waals surface area contributed by atoms with Crippen LogP contribution in [0.5, 0.6) is 0 Å². The van der Waals surface area contributed by atoms with Gasteiger partial charge in [0, 0.05) is 43.7 Å². The van der Waals surface area contributed by atoms with Crippen molar-refractivity contribution >= 4 is 43.9 Å². The number of hydrogen-bond acceptors (Lipinski definition) is 5. The van der Waals surface area contributed by atoms with Gasteiger partial charge < -0.3 is 8.83 Å². The van der Waals surface area contributed by atoms with Crippen LogP contribution in [0, 0.1) is 0 Å². The first-order chi connectivity index (χ1) is 26.0. The van der Waals surface area contributed by atoms with E-state index in [1.54, 1.807) is 0 Å². The van der Waals surface area contributed by atoms with E-state index in [0.29, 0.717) is 17.5 Å². The minimum absolute atomic E-state index is 0.157. The number of benzene rings is 7. The average molecular weight is 682 g/mol. The van der Waals surface area contributed by atoms with Crippen LogP contribution in [0.3, 0.4) is 0 Å². The summed E-state index contributed by atoms with van der Waals surface area (Å²) in [5, 5.41) is 4.39. The Labute approximate surface area is 305 Å². The van der Waals surface area contributed by atoms with Crippen LogP contribution >= 0.6 is 0 Å². The smallest absolute Gasteiger partial charge is 0.167 e. The molecule has 0 unspecified atom stereocenters. The monoisotopic (exact) mass is 681 g/mol. The number of aromatic nitrogens is 3. The van der Waals surface area contributed by atoms with Gasteiger partial charge in [-0.3, -0.25) is 0 Å². The molecule has 53 heavy (non-hydrogen) atoms. The molecule has 0 atom stereocenters. The van der Waals surface area contributed by atoms with E-state index in [4.69, 9.17) is 23.8 Å². The number of furan rings is 2. The highest BCUT2D eigenvalue weighted by Gasteiger charge is 2.38. The zero-order valence-electron chi connectivity index (χ0n) is 29.1. The maximum absolute atomic E-state index is 6.58. The van der Waals surface area contributed by atoms with Gasteiger partial charge in [0.05, 0.1) is 5.56 Å². The largest absolute Gasteiger partial charge is 0.455 e. The second-order valence-electron chi connectivity index (χ2n) is 14.4. The quantitative estimate of drug-likeness (QED) is 0.185. The second kappa shape index (κ2) is 11.1. The van der Waals surface area contributed by atoms with E-state index in [1.807, 2.05) is 66.7 Å². The van der Waals surface area contributed by atoms with Crippen molar-refractivity contribution < 1.29 is 8.83 Å². The third kappa shape index (κ3) is 4.47. The summed E-state index contributed by atoms with van der Waals surface area (Å²) in [4.78, 5) is 15.2. The van der Waals surface area contributed by atoms with Crippen molar-refractivity contribution in [3.63, 3.8) is 0 Å². The van der Waals surface area contributed by atoms with Gasteiger partial charge in [0.15, 0.2) is 17.5 Å². The van der Waals surface area contributed by atoms with E-state index >= 15 is 0 Å². The highest BCUT2D eigenvalue weighted by atomic mass is 16.3. The van der Waals surface area contributed by atoms with Crippen molar-refractivity contribution in [1.82, 2.24) is 15.0 Å².